The Hall–Kier alpha value is -1.19. The molecule has 19 heavy (non-hydrogen) atoms. The van der Waals surface area contributed by atoms with Crippen molar-refractivity contribution in [3.63, 3.8) is 0 Å². The van der Waals surface area contributed by atoms with Crippen LogP contribution in [0.5, 0.6) is 0 Å². The summed E-state index contributed by atoms with van der Waals surface area (Å²) in [6, 6.07) is 6.51. The van der Waals surface area contributed by atoms with Gasteiger partial charge in [0.05, 0.1) is 6.61 Å². The number of morpholine rings is 1. The van der Waals surface area contributed by atoms with E-state index in [0.29, 0.717) is 13.0 Å². The first-order valence-corrected chi connectivity index (χ1v) is 7.16. The fourth-order valence-corrected chi connectivity index (χ4v) is 3.02. The van der Waals surface area contributed by atoms with Crippen LogP contribution >= 0.6 is 0 Å². The number of benzene rings is 1. The van der Waals surface area contributed by atoms with Crippen LogP contribution in [0.25, 0.3) is 0 Å². The molecule has 0 amide bonds. The number of rotatable bonds is 3. The lowest BCUT2D eigenvalue weighted by atomic mass is 10.0. The number of ketones is 1. The largest absolute Gasteiger partial charge is 0.368 e. The molecule has 0 saturated carbocycles. The smallest absolute Gasteiger partial charge is 0.167 e. The van der Waals surface area contributed by atoms with Gasteiger partial charge in [-0.3, -0.25) is 4.79 Å². The maximum atomic E-state index is 12.3. The molecule has 0 bridgehead atoms. The molecule has 2 aliphatic rings. The summed E-state index contributed by atoms with van der Waals surface area (Å²) in [4.78, 5) is 14.4. The van der Waals surface area contributed by atoms with Crippen molar-refractivity contribution in [1.82, 2.24) is 4.90 Å². The van der Waals surface area contributed by atoms with Gasteiger partial charge < -0.3 is 9.64 Å². The van der Waals surface area contributed by atoms with Gasteiger partial charge in [0.15, 0.2) is 5.78 Å². The molecular formula is C16H21NO2. The normalized spacial score (nSPS) is 23.3. The van der Waals surface area contributed by atoms with Gasteiger partial charge in [-0.15, -0.1) is 0 Å². The third-order valence-corrected chi connectivity index (χ3v) is 4.17. The number of carbonyl (C=O) groups is 1. The molecule has 3 heteroatoms. The summed E-state index contributed by atoms with van der Waals surface area (Å²) in [5.74, 6) is 0.212. The highest BCUT2D eigenvalue weighted by Crippen LogP contribution is 2.23. The maximum Gasteiger partial charge on any atom is 0.167 e. The van der Waals surface area contributed by atoms with Crippen LogP contribution in [0.15, 0.2) is 18.2 Å². The predicted octanol–water partition coefficient (Wildman–Crippen LogP) is 1.62. The Labute approximate surface area is 114 Å². The van der Waals surface area contributed by atoms with E-state index >= 15 is 0 Å². The van der Waals surface area contributed by atoms with Gasteiger partial charge in [0, 0.05) is 19.5 Å². The van der Waals surface area contributed by atoms with E-state index in [9.17, 15) is 4.79 Å². The molecule has 1 heterocycles. The van der Waals surface area contributed by atoms with Crippen LogP contribution in [0.2, 0.25) is 0 Å². The molecule has 1 saturated heterocycles. The summed E-state index contributed by atoms with van der Waals surface area (Å²) in [6.45, 7) is 2.31. The number of Topliss-reactive ketones (excluding diaryl/α,β-unsaturated/α-hetero) is 1. The molecule has 1 fully saturated rings. The second kappa shape index (κ2) is 5.43. The van der Waals surface area contributed by atoms with Crippen LogP contribution in [-0.4, -0.2) is 43.5 Å². The van der Waals surface area contributed by atoms with Crippen LogP contribution < -0.4 is 0 Å². The van der Waals surface area contributed by atoms with Crippen molar-refractivity contribution in [3.8, 4) is 0 Å². The van der Waals surface area contributed by atoms with Gasteiger partial charge in [-0.1, -0.05) is 18.2 Å². The molecule has 1 aromatic rings. The van der Waals surface area contributed by atoms with E-state index in [0.717, 1.165) is 18.7 Å². The second-order valence-electron chi connectivity index (χ2n) is 5.72. The molecule has 3 nitrogen and oxygen atoms in total. The average Bonchev–Trinajstić information content (AvgIpc) is 2.86. The zero-order valence-electron chi connectivity index (χ0n) is 11.5. The number of carbonyl (C=O) groups excluding carboxylic acids is 1. The Morgan fingerprint density at radius 1 is 1.37 bits per heavy atom. The van der Waals surface area contributed by atoms with Crippen LogP contribution in [0.4, 0.5) is 0 Å². The molecule has 0 N–H and O–H groups in total. The van der Waals surface area contributed by atoms with Gasteiger partial charge >= 0.3 is 0 Å². The van der Waals surface area contributed by atoms with Crippen molar-refractivity contribution in [1.29, 1.82) is 0 Å². The number of hydrogen-bond acceptors (Lipinski definition) is 3. The number of aryl methyl sites for hydroxylation is 2. The fourth-order valence-electron chi connectivity index (χ4n) is 3.02. The summed E-state index contributed by atoms with van der Waals surface area (Å²) < 4.78 is 5.58. The summed E-state index contributed by atoms with van der Waals surface area (Å²) in [7, 11) is 2.04. The molecule has 1 aliphatic carbocycles. The summed E-state index contributed by atoms with van der Waals surface area (Å²) >= 11 is 0. The van der Waals surface area contributed by atoms with E-state index in [4.69, 9.17) is 4.74 Å². The molecule has 0 aromatic heterocycles. The lowest BCUT2D eigenvalue weighted by Crippen LogP contribution is -2.44. The Kier molecular flexibility index (Phi) is 3.67. The first-order valence-electron chi connectivity index (χ1n) is 7.16. The van der Waals surface area contributed by atoms with Crippen molar-refractivity contribution in [2.24, 2.45) is 0 Å². The molecule has 102 valence electrons. The molecule has 1 atom stereocenters. The van der Waals surface area contributed by atoms with Crippen LogP contribution in [0.3, 0.4) is 0 Å². The topological polar surface area (TPSA) is 29.5 Å². The Morgan fingerprint density at radius 3 is 3.05 bits per heavy atom. The molecule has 1 unspecified atom stereocenters. The number of nitrogens with zero attached hydrogens (tertiary/aromatic N) is 1. The number of ether oxygens (including phenoxy) is 1. The minimum Gasteiger partial charge on any atom is -0.368 e. The summed E-state index contributed by atoms with van der Waals surface area (Å²) in [5.41, 5.74) is 4.04. The standard InChI is InChI=1S/C16H21NO2/c1-17-7-8-19-16(11-17)15(18)10-12-5-6-13-3-2-4-14(13)9-12/h5-6,9,16H,2-4,7-8,10-11H2,1H3. The van der Waals surface area contributed by atoms with Gasteiger partial charge in [-0.25, -0.2) is 0 Å². The highest BCUT2D eigenvalue weighted by Gasteiger charge is 2.24. The zero-order valence-corrected chi connectivity index (χ0v) is 11.5. The van der Waals surface area contributed by atoms with Gasteiger partial charge in [0.1, 0.15) is 6.10 Å². The van der Waals surface area contributed by atoms with E-state index < -0.39 is 0 Å². The van der Waals surface area contributed by atoms with Gasteiger partial charge in [0.25, 0.3) is 0 Å². The average molecular weight is 259 g/mol. The Bertz CT molecular complexity index is 484. The lowest BCUT2D eigenvalue weighted by Gasteiger charge is -2.29. The minimum atomic E-state index is -0.244. The Morgan fingerprint density at radius 2 is 2.21 bits per heavy atom. The number of hydrogen-bond donors (Lipinski definition) is 0. The third kappa shape index (κ3) is 2.88. The maximum absolute atomic E-state index is 12.3. The third-order valence-electron chi connectivity index (χ3n) is 4.17. The van der Waals surface area contributed by atoms with Crippen LogP contribution in [0.1, 0.15) is 23.1 Å². The highest BCUT2D eigenvalue weighted by molar-refractivity contribution is 5.85. The van der Waals surface area contributed by atoms with Crippen LogP contribution in [0, 0.1) is 0 Å². The molecule has 0 radical (unpaired) electrons. The van der Waals surface area contributed by atoms with Crippen LogP contribution in [-0.2, 0) is 28.8 Å². The minimum absolute atomic E-state index is 0.212. The van der Waals surface area contributed by atoms with E-state index in [1.54, 1.807) is 0 Å². The van der Waals surface area contributed by atoms with Crippen molar-refractivity contribution in [2.75, 3.05) is 26.7 Å². The summed E-state index contributed by atoms with van der Waals surface area (Å²) in [5, 5.41) is 0. The predicted molar refractivity (Wildman–Crippen MR) is 74.4 cm³/mol. The quantitative estimate of drug-likeness (QED) is 0.826. The van der Waals surface area contributed by atoms with Crippen molar-refractivity contribution < 1.29 is 9.53 Å². The van der Waals surface area contributed by atoms with Gasteiger partial charge in [0.2, 0.25) is 0 Å². The van der Waals surface area contributed by atoms with Crippen molar-refractivity contribution in [2.45, 2.75) is 31.8 Å². The van der Waals surface area contributed by atoms with Crippen molar-refractivity contribution >= 4 is 5.78 Å². The van der Waals surface area contributed by atoms with Crippen molar-refractivity contribution in [3.05, 3.63) is 34.9 Å². The van der Waals surface area contributed by atoms with E-state index in [-0.39, 0.29) is 11.9 Å². The molecule has 1 aliphatic heterocycles. The second-order valence-corrected chi connectivity index (χ2v) is 5.72. The monoisotopic (exact) mass is 259 g/mol. The first kappa shape index (κ1) is 12.8. The van der Waals surface area contributed by atoms with E-state index in [1.807, 2.05) is 7.05 Å². The van der Waals surface area contributed by atoms with E-state index in [2.05, 4.69) is 23.1 Å². The highest BCUT2D eigenvalue weighted by atomic mass is 16.5. The number of fused-ring (bicyclic) bond motifs is 1. The molecule has 1 aromatic carbocycles. The van der Waals surface area contributed by atoms with Gasteiger partial charge in [-0.05, 0) is 43.0 Å². The first-order chi connectivity index (χ1) is 9.22. The zero-order chi connectivity index (χ0) is 13.2. The number of likely N-dealkylation sites (N-methyl/N-ethyl adjacent to an activating group) is 1. The lowest BCUT2D eigenvalue weighted by molar-refractivity contribution is -0.134. The Balaban J connectivity index is 1.66. The summed E-state index contributed by atoms with van der Waals surface area (Å²) in [6.07, 6.45) is 3.88. The fraction of sp³-hybridized carbons (Fsp3) is 0.562. The molecule has 0 spiro atoms. The molecule has 3 rings (SSSR count). The molecular weight excluding hydrogens is 238 g/mol. The van der Waals surface area contributed by atoms with E-state index in [1.165, 1.54) is 30.4 Å². The van der Waals surface area contributed by atoms with Gasteiger partial charge in [-0.2, -0.15) is 0 Å². The SMILES string of the molecule is CN1CCOC(C(=O)Cc2ccc3c(c2)CCC3)C1.